The molecule has 1 N–H and O–H groups in total. The molecule has 0 spiro atoms. The van der Waals surface area contributed by atoms with E-state index in [0.717, 1.165) is 23.8 Å². The van der Waals surface area contributed by atoms with Crippen molar-refractivity contribution in [3.8, 4) is 11.3 Å². The smallest absolute Gasteiger partial charge is 0.348 e. The van der Waals surface area contributed by atoms with Crippen LogP contribution in [0.25, 0.3) is 11.3 Å². The zero-order valence-corrected chi connectivity index (χ0v) is 11.6. The zero-order valence-electron chi connectivity index (χ0n) is 10.8. The number of aromatic nitrogens is 1. The Morgan fingerprint density at radius 3 is 2.60 bits per heavy atom. The molecule has 1 aromatic carbocycles. The predicted molar refractivity (Wildman–Crippen MR) is 77.5 cm³/mol. The predicted octanol–water partition coefficient (Wildman–Crippen LogP) is 2.34. The molecule has 2 aromatic rings. The number of anilines is 1. The molecule has 0 bridgehead atoms. The van der Waals surface area contributed by atoms with Crippen LogP contribution < -0.4 is 4.90 Å². The maximum atomic E-state index is 11.4. The van der Waals surface area contributed by atoms with E-state index < -0.39 is 5.97 Å². The molecule has 1 saturated heterocycles. The van der Waals surface area contributed by atoms with Crippen LogP contribution in [0.1, 0.15) is 9.67 Å². The summed E-state index contributed by atoms with van der Waals surface area (Å²) in [6.45, 7) is 2.81. The summed E-state index contributed by atoms with van der Waals surface area (Å²) in [4.78, 5) is 18.3. The Hall–Kier alpha value is -1.92. The highest BCUT2D eigenvalue weighted by Gasteiger charge is 2.22. The first-order chi connectivity index (χ1) is 9.75. The third kappa shape index (κ3) is 2.52. The largest absolute Gasteiger partial charge is 0.477 e. The summed E-state index contributed by atoms with van der Waals surface area (Å²) in [6, 6.07) is 9.43. The molecule has 6 heteroatoms. The van der Waals surface area contributed by atoms with Gasteiger partial charge in [0, 0.05) is 18.7 Å². The summed E-state index contributed by atoms with van der Waals surface area (Å²) in [6.07, 6.45) is 0. The molecule has 3 rings (SSSR count). The van der Waals surface area contributed by atoms with Gasteiger partial charge >= 0.3 is 5.97 Å². The summed E-state index contributed by atoms with van der Waals surface area (Å²) in [5.74, 6) is -0.930. The van der Waals surface area contributed by atoms with E-state index in [9.17, 15) is 9.90 Å². The fourth-order valence-electron chi connectivity index (χ4n) is 2.14. The van der Waals surface area contributed by atoms with E-state index in [0.29, 0.717) is 18.9 Å². The standard InChI is InChI=1S/C14H14N2O3S/c17-13(18)12-11(10-4-2-1-3-5-10)15-14(20-12)16-6-8-19-9-7-16/h1-5H,6-9H2,(H,17,18). The lowest BCUT2D eigenvalue weighted by molar-refractivity contribution is 0.0702. The normalized spacial score (nSPS) is 15.3. The van der Waals surface area contributed by atoms with E-state index in [1.807, 2.05) is 30.3 Å². The highest BCUT2D eigenvalue weighted by Crippen LogP contribution is 2.33. The molecule has 1 aromatic heterocycles. The Labute approximate surface area is 120 Å². The number of carboxylic acid groups (broad SMARTS) is 1. The number of rotatable bonds is 3. The second-order valence-electron chi connectivity index (χ2n) is 4.44. The first-order valence-electron chi connectivity index (χ1n) is 6.38. The van der Waals surface area contributed by atoms with E-state index in [-0.39, 0.29) is 4.88 Å². The minimum Gasteiger partial charge on any atom is -0.477 e. The van der Waals surface area contributed by atoms with Gasteiger partial charge in [-0.05, 0) is 0 Å². The number of benzene rings is 1. The van der Waals surface area contributed by atoms with Gasteiger partial charge in [0.15, 0.2) is 5.13 Å². The van der Waals surface area contributed by atoms with Gasteiger partial charge in [-0.25, -0.2) is 9.78 Å². The second-order valence-corrected chi connectivity index (χ2v) is 5.42. The number of carbonyl (C=O) groups is 1. The van der Waals surface area contributed by atoms with Crippen molar-refractivity contribution in [3.05, 3.63) is 35.2 Å². The number of aromatic carboxylic acids is 1. The van der Waals surface area contributed by atoms with Crippen molar-refractivity contribution in [2.24, 2.45) is 0 Å². The number of hydrogen-bond donors (Lipinski definition) is 1. The molecular weight excluding hydrogens is 276 g/mol. The Kier molecular flexibility index (Phi) is 3.66. The van der Waals surface area contributed by atoms with Gasteiger partial charge < -0.3 is 14.7 Å². The van der Waals surface area contributed by atoms with E-state index in [4.69, 9.17) is 4.74 Å². The second kappa shape index (κ2) is 5.60. The average molecular weight is 290 g/mol. The van der Waals surface area contributed by atoms with Gasteiger partial charge in [0.2, 0.25) is 0 Å². The van der Waals surface area contributed by atoms with Crippen LogP contribution in [-0.2, 0) is 4.74 Å². The number of ether oxygens (including phenoxy) is 1. The summed E-state index contributed by atoms with van der Waals surface area (Å²) in [7, 11) is 0. The lowest BCUT2D eigenvalue weighted by atomic mass is 10.1. The van der Waals surface area contributed by atoms with Crippen molar-refractivity contribution in [2.75, 3.05) is 31.2 Å². The maximum Gasteiger partial charge on any atom is 0.348 e. The highest BCUT2D eigenvalue weighted by atomic mass is 32.1. The van der Waals surface area contributed by atoms with E-state index in [2.05, 4.69) is 9.88 Å². The Morgan fingerprint density at radius 2 is 1.95 bits per heavy atom. The molecule has 5 nitrogen and oxygen atoms in total. The van der Waals surface area contributed by atoms with E-state index in [1.54, 1.807) is 0 Å². The molecule has 1 fully saturated rings. The lowest BCUT2D eigenvalue weighted by Crippen LogP contribution is -2.36. The molecule has 0 radical (unpaired) electrons. The van der Waals surface area contributed by atoms with Crippen LogP contribution in [0, 0.1) is 0 Å². The summed E-state index contributed by atoms with van der Waals surface area (Å²) in [5, 5.41) is 10.1. The molecule has 2 heterocycles. The van der Waals surface area contributed by atoms with Gasteiger partial charge in [0.05, 0.1) is 18.9 Å². The van der Waals surface area contributed by atoms with Crippen LogP contribution >= 0.6 is 11.3 Å². The third-order valence-corrected chi connectivity index (χ3v) is 4.24. The summed E-state index contributed by atoms with van der Waals surface area (Å²) < 4.78 is 5.31. The molecular formula is C14H14N2O3S. The zero-order chi connectivity index (χ0) is 13.9. The summed E-state index contributed by atoms with van der Waals surface area (Å²) >= 11 is 1.23. The molecule has 20 heavy (non-hydrogen) atoms. The number of carboxylic acids is 1. The van der Waals surface area contributed by atoms with Crippen molar-refractivity contribution in [1.82, 2.24) is 4.98 Å². The topological polar surface area (TPSA) is 62.7 Å². The minimum absolute atomic E-state index is 0.290. The molecule has 0 unspecified atom stereocenters. The van der Waals surface area contributed by atoms with Gasteiger partial charge in [-0.2, -0.15) is 0 Å². The molecule has 1 aliphatic heterocycles. The number of nitrogens with zero attached hydrogens (tertiary/aromatic N) is 2. The maximum absolute atomic E-state index is 11.4. The fraction of sp³-hybridized carbons (Fsp3) is 0.286. The van der Waals surface area contributed by atoms with E-state index >= 15 is 0 Å². The lowest BCUT2D eigenvalue weighted by Gasteiger charge is -2.25. The Morgan fingerprint density at radius 1 is 1.25 bits per heavy atom. The van der Waals surface area contributed by atoms with Crippen molar-refractivity contribution in [1.29, 1.82) is 0 Å². The van der Waals surface area contributed by atoms with Crippen LogP contribution in [0.2, 0.25) is 0 Å². The molecule has 0 saturated carbocycles. The van der Waals surface area contributed by atoms with Crippen molar-refractivity contribution >= 4 is 22.4 Å². The number of hydrogen-bond acceptors (Lipinski definition) is 5. The van der Waals surface area contributed by atoms with E-state index in [1.165, 1.54) is 11.3 Å². The first kappa shape index (κ1) is 13.1. The summed E-state index contributed by atoms with van der Waals surface area (Å²) in [5.41, 5.74) is 1.38. The number of thiazole rings is 1. The van der Waals surface area contributed by atoms with Crippen LogP contribution in [0.3, 0.4) is 0 Å². The Balaban J connectivity index is 2.00. The van der Waals surface area contributed by atoms with Crippen LogP contribution in [-0.4, -0.2) is 42.4 Å². The Bertz CT molecular complexity index is 606. The van der Waals surface area contributed by atoms with Crippen molar-refractivity contribution in [3.63, 3.8) is 0 Å². The molecule has 104 valence electrons. The van der Waals surface area contributed by atoms with Gasteiger partial charge in [-0.15, -0.1) is 0 Å². The fourth-order valence-corrected chi connectivity index (χ4v) is 3.11. The van der Waals surface area contributed by atoms with Crippen LogP contribution in [0.4, 0.5) is 5.13 Å². The van der Waals surface area contributed by atoms with Gasteiger partial charge in [-0.3, -0.25) is 0 Å². The van der Waals surface area contributed by atoms with Crippen molar-refractivity contribution < 1.29 is 14.6 Å². The minimum atomic E-state index is -0.930. The quantitative estimate of drug-likeness (QED) is 0.940. The number of morpholine rings is 1. The third-order valence-electron chi connectivity index (χ3n) is 3.14. The van der Waals surface area contributed by atoms with Gasteiger partial charge in [-0.1, -0.05) is 41.7 Å². The first-order valence-corrected chi connectivity index (χ1v) is 7.19. The van der Waals surface area contributed by atoms with Gasteiger partial charge in [0.25, 0.3) is 0 Å². The van der Waals surface area contributed by atoms with Gasteiger partial charge in [0.1, 0.15) is 4.88 Å². The van der Waals surface area contributed by atoms with Crippen LogP contribution in [0.5, 0.6) is 0 Å². The molecule has 0 atom stereocenters. The monoisotopic (exact) mass is 290 g/mol. The molecule has 0 aliphatic carbocycles. The molecule has 0 amide bonds. The van der Waals surface area contributed by atoms with Crippen LogP contribution in [0.15, 0.2) is 30.3 Å². The average Bonchev–Trinajstić information content (AvgIpc) is 2.94. The molecule has 1 aliphatic rings. The SMILES string of the molecule is O=C(O)c1sc(N2CCOCC2)nc1-c1ccccc1. The van der Waals surface area contributed by atoms with Crippen molar-refractivity contribution in [2.45, 2.75) is 0 Å². The highest BCUT2D eigenvalue weighted by molar-refractivity contribution is 7.17.